The van der Waals surface area contributed by atoms with Crippen molar-refractivity contribution in [2.45, 2.75) is 38.4 Å². The molecule has 9 nitrogen and oxygen atoms in total. The lowest BCUT2D eigenvalue weighted by Crippen LogP contribution is -2.62. The van der Waals surface area contributed by atoms with Gasteiger partial charge >= 0.3 is 0 Å². The van der Waals surface area contributed by atoms with Crippen LogP contribution in [0.25, 0.3) is 0 Å². The Morgan fingerprint density at radius 2 is 1.76 bits per heavy atom. The first-order valence-corrected chi connectivity index (χ1v) is 11.2. The summed E-state index contributed by atoms with van der Waals surface area (Å²) in [5, 5.41) is 5.36. The summed E-state index contributed by atoms with van der Waals surface area (Å²) in [5.74, 6) is -0.158. The van der Waals surface area contributed by atoms with Crippen LogP contribution in [0.4, 0.5) is 5.69 Å². The number of carbonyl (C=O) groups is 4. The third-order valence-electron chi connectivity index (χ3n) is 6.40. The van der Waals surface area contributed by atoms with Gasteiger partial charge in [-0.3, -0.25) is 24.1 Å². The van der Waals surface area contributed by atoms with Gasteiger partial charge in [-0.2, -0.15) is 0 Å². The normalized spacial score (nSPS) is 18.9. The van der Waals surface area contributed by atoms with Gasteiger partial charge in [0.2, 0.25) is 17.7 Å². The molecule has 1 unspecified atom stereocenters. The lowest BCUT2D eigenvalue weighted by atomic mass is 9.98. The predicted molar refractivity (Wildman–Crippen MR) is 125 cm³/mol. The molecule has 2 aromatic carbocycles. The van der Waals surface area contributed by atoms with E-state index >= 15 is 0 Å². The lowest BCUT2D eigenvalue weighted by molar-refractivity contribution is -0.126. The van der Waals surface area contributed by atoms with Crippen molar-refractivity contribution < 1.29 is 23.9 Å². The summed E-state index contributed by atoms with van der Waals surface area (Å²) in [4.78, 5) is 53.6. The van der Waals surface area contributed by atoms with Gasteiger partial charge in [0.15, 0.2) is 0 Å². The summed E-state index contributed by atoms with van der Waals surface area (Å²) in [7, 11) is 1.59. The standard InChI is InChI=1S/C25H28N4O5/c1-25-13-11-23(32)29(25)20-6-4-3-5-19(20)24(33)28(25)14-12-21(30)27-16-22(31)26-15-17-7-9-18(34-2)10-8-17/h3-10H,11-16H2,1-2H3,(H,26,31)(H,27,30). The molecule has 2 aromatic rings. The highest BCUT2D eigenvalue weighted by Crippen LogP contribution is 2.43. The van der Waals surface area contributed by atoms with E-state index in [2.05, 4.69) is 10.6 Å². The van der Waals surface area contributed by atoms with Crippen molar-refractivity contribution in [1.29, 1.82) is 0 Å². The van der Waals surface area contributed by atoms with Crippen molar-refractivity contribution in [3.63, 3.8) is 0 Å². The number of carbonyl (C=O) groups excluding carboxylic acids is 4. The summed E-state index contributed by atoms with van der Waals surface area (Å²) in [6.07, 6.45) is 0.869. The van der Waals surface area contributed by atoms with Crippen LogP contribution >= 0.6 is 0 Å². The zero-order chi connectivity index (χ0) is 24.3. The van der Waals surface area contributed by atoms with Crippen LogP contribution in [-0.4, -0.2) is 54.4 Å². The van der Waals surface area contributed by atoms with E-state index < -0.39 is 5.66 Å². The van der Waals surface area contributed by atoms with Crippen LogP contribution in [0.5, 0.6) is 5.75 Å². The van der Waals surface area contributed by atoms with E-state index in [0.29, 0.717) is 30.6 Å². The van der Waals surface area contributed by atoms with Crippen molar-refractivity contribution in [2.24, 2.45) is 0 Å². The molecule has 2 aliphatic rings. The second-order valence-corrected chi connectivity index (χ2v) is 8.57. The van der Waals surface area contributed by atoms with E-state index in [-0.39, 0.29) is 43.1 Å². The lowest BCUT2D eigenvalue weighted by Gasteiger charge is -2.48. The Morgan fingerprint density at radius 1 is 1.03 bits per heavy atom. The average Bonchev–Trinajstić information content (AvgIpc) is 3.16. The second-order valence-electron chi connectivity index (χ2n) is 8.57. The highest BCUT2D eigenvalue weighted by Gasteiger charge is 2.52. The molecule has 0 spiro atoms. The number of methoxy groups -OCH3 is 1. The Balaban J connectivity index is 1.30. The molecule has 4 amide bonds. The minimum Gasteiger partial charge on any atom is -0.497 e. The molecule has 0 aromatic heterocycles. The molecule has 2 heterocycles. The number of nitrogens with one attached hydrogen (secondary N) is 2. The molecule has 178 valence electrons. The largest absolute Gasteiger partial charge is 0.497 e. The summed E-state index contributed by atoms with van der Waals surface area (Å²) >= 11 is 0. The molecule has 0 aliphatic carbocycles. The zero-order valence-corrected chi connectivity index (χ0v) is 19.3. The van der Waals surface area contributed by atoms with Crippen LogP contribution in [-0.2, 0) is 20.9 Å². The highest BCUT2D eigenvalue weighted by atomic mass is 16.5. The summed E-state index contributed by atoms with van der Waals surface area (Å²) in [6, 6.07) is 14.4. The number of ether oxygens (including phenoxy) is 1. The molecule has 2 N–H and O–H groups in total. The SMILES string of the molecule is COc1ccc(CNC(=O)CNC(=O)CCN2C(=O)c3ccccc3N3C(=O)CCC23C)cc1. The average molecular weight is 465 g/mol. The Labute approximate surface area is 198 Å². The number of benzene rings is 2. The molecule has 1 saturated heterocycles. The van der Waals surface area contributed by atoms with Crippen LogP contribution in [0.2, 0.25) is 0 Å². The topological polar surface area (TPSA) is 108 Å². The number of para-hydroxylation sites is 1. The number of amides is 4. The number of fused-ring (bicyclic) bond motifs is 3. The first kappa shape index (κ1) is 23.3. The monoisotopic (exact) mass is 464 g/mol. The van der Waals surface area contributed by atoms with Gasteiger partial charge in [0.25, 0.3) is 5.91 Å². The molecule has 0 bridgehead atoms. The quantitative estimate of drug-likeness (QED) is 0.620. The number of anilines is 1. The van der Waals surface area contributed by atoms with Gasteiger partial charge in [-0.25, -0.2) is 0 Å². The smallest absolute Gasteiger partial charge is 0.257 e. The molecule has 1 fully saturated rings. The molecule has 4 rings (SSSR count). The van der Waals surface area contributed by atoms with Crippen molar-refractivity contribution >= 4 is 29.3 Å². The maximum Gasteiger partial charge on any atom is 0.257 e. The molecule has 2 aliphatic heterocycles. The maximum atomic E-state index is 13.2. The molecule has 1 atom stereocenters. The predicted octanol–water partition coefficient (Wildman–Crippen LogP) is 1.82. The molecular formula is C25H28N4O5. The third kappa shape index (κ3) is 4.46. The molecule has 34 heavy (non-hydrogen) atoms. The minimum absolute atomic E-state index is 0.0251. The van der Waals surface area contributed by atoms with Gasteiger partial charge in [-0.05, 0) is 43.2 Å². The molecular weight excluding hydrogens is 436 g/mol. The first-order chi connectivity index (χ1) is 16.3. The second kappa shape index (κ2) is 9.54. The molecule has 0 radical (unpaired) electrons. The first-order valence-electron chi connectivity index (χ1n) is 11.2. The Hall–Kier alpha value is -3.88. The van der Waals surface area contributed by atoms with Crippen molar-refractivity contribution in [1.82, 2.24) is 15.5 Å². The fourth-order valence-electron chi connectivity index (χ4n) is 4.53. The van der Waals surface area contributed by atoms with Crippen LogP contribution in [0.15, 0.2) is 48.5 Å². The molecule has 9 heteroatoms. The van der Waals surface area contributed by atoms with E-state index in [0.717, 1.165) is 11.3 Å². The summed E-state index contributed by atoms with van der Waals surface area (Å²) in [6.45, 7) is 2.18. The van der Waals surface area contributed by atoms with Gasteiger partial charge in [0, 0.05) is 25.9 Å². The Morgan fingerprint density at radius 3 is 2.50 bits per heavy atom. The van der Waals surface area contributed by atoms with Gasteiger partial charge < -0.3 is 20.3 Å². The fraction of sp³-hybridized carbons (Fsp3) is 0.360. The van der Waals surface area contributed by atoms with Gasteiger partial charge in [-0.1, -0.05) is 24.3 Å². The van der Waals surface area contributed by atoms with Crippen molar-refractivity contribution in [2.75, 3.05) is 25.1 Å². The van der Waals surface area contributed by atoms with Gasteiger partial charge in [-0.15, -0.1) is 0 Å². The Kier molecular flexibility index (Phi) is 6.54. The van der Waals surface area contributed by atoms with Crippen LogP contribution < -0.4 is 20.3 Å². The van der Waals surface area contributed by atoms with Crippen molar-refractivity contribution in [3.8, 4) is 5.75 Å². The third-order valence-corrected chi connectivity index (χ3v) is 6.40. The summed E-state index contributed by atoms with van der Waals surface area (Å²) in [5.41, 5.74) is 1.17. The summed E-state index contributed by atoms with van der Waals surface area (Å²) < 4.78 is 5.11. The zero-order valence-electron chi connectivity index (χ0n) is 19.3. The van der Waals surface area contributed by atoms with E-state index in [1.54, 1.807) is 41.2 Å². The number of hydrogen-bond acceptors (Lipinski definition) is 5. The van der Waals surface area contributed by atoms with E-state index in [9.17, 15) is 19.2 Å². The van der Waals surface area contributed by atoms with Crippen LogP contribution in [0.1, 0.15) is 42.1 Å². The van der Waals surface area contributed by atoms with Crippen molar-refractivity contribution in [3.05, 3.63) is 59.7 Å². The van der Waals surface area contributed by atoms with E-state index in [1.807, 2.05) is 31.2 Å². The number of hydrogen-bond donors (Lipinski definition) is 2. The fourth-order valence-corrected chi connectivity index (χ4v) is 4.53. The maximum absolute atomic E-state index is 13.2. The minimum atomic E-state index is -0.807. The van der Waals surface area contributed by atoms with Crippen LogP contribution in [0.3, 0.4) is 0 Å². The van der Waals surface area contributed by atoms with E-state index in [1.165, 1.54) is 0 Å². The molecule has 0 saturated carbocycles. The number of nitrogens with zero attached hydrogens (tertiary/aromatic N) is 2. The Bertz CT molecular complexity index is 1120. The van der Waals surface area contributed by atoms with Gasteiger partial charge in [0.1, 0.15) is 11.4 Å². The van der Waals surface area contributed by atoms with E-state index in [4.69, 9.17) is 4.74 Å². The van der Waals surface area contributed by atoms with Gasteiger partial charge in [0.05, 0.1) is 24.9 Å². The number of rotatable bonds is 8. The highest BCUT2D eigenvalue weighted by molar-refractivity contribution is 6.10. The van der Waals surface area contributed by atoms with Crippen LogP contribution in [0, 0.1) is 0 Å².